The topological polar surface area (TPSA) is 132 Å². The second kappa shape index (κ2) is 10.4. The fourth-order valence-electron chi connectivity index (χ4n) is 4.29. The van der Waals surface area contributed by atoms with E-state index in [4.69, 9.17) is 0 Å². The molecule has 0 unspecified atom stereocenters. The number of amides is 1. The monoisotopic (exact) mass is 510 g/mol. The maximum atomic E-state index is 12.7. The summed E-state index contributed by atoms with van der Waals surface area (Å²) in [6.45, 7) is 2.88. The van der Waals surface area contributed by atoms with Crippen LogP contribution >= 0.6 is 0 Å². The summed E-state index contributed by atoms with van der Waals surface area (Å²) in [6.07, 6.45) is 4.57. The smallest absolute Gasteiger partial charge is 0.294 e. The van der Waals surface area contributed by atoms with E-state index in [1.807, 2.05) is 11.5 Å². The Morgan fingerprint density at radius 1 is 1.06 bits per heavy atom. The molecule has 11 heteroatoms. The van der Waals surface area contributed by atoms with E-state index in [1.165, 1.54) is 29.2 Å². The Labute approximate surface area is 208 Å². The van der Waals surface area contributed by atoms with E-state index in [2.05, 4.69) is 4.98 Å². The number of carbonyl (C=O) groups is 2. The Balaban J connectivity index is 1.35. The summed E-state index contributed by atoms with van der Waals surface area (Å²) < 4.78 is 27.3. The van der Waals surface area contributed by atoms with Gasteiger partial charge in [-0.25, -0.2) is 13.4 Å². The van der Waals surface area contributed by atoms with Gasteiger partial charge in [-0.2, -0.15) is 0 Å². The zero-order chi connectivity index (χ0) is 25.9. The lowest BCUT2D eigenvalue weighted by atomic mass is 9.95. The van der Waals surface area contributed by atoms with Gasteiger partial charge < -0.3 is 9.47 Å². The van der Waals surface area contributed by atoms with Gasteiger partial charge in [0.25, 0.3) is 11.6 Å². The van der Waals surface area contributed by atoms with Crippen LogP contribution in [0.25, 0.3) is 0 Å². The molecule has 2 heterocycles. The number of aromatic nitrogens is 2. The number of nitrogens with zero attached hydrogens (tertiary/aromatic N) is 4. The standard InChI is InChI=1S/C25H26N4O6S/c1-18-2-8-22(9-3-18)36(34,35)17-16-27-15-12-26-24(27)20-10-13-28(14-11-20)25(31)23(30)19-4-6-21(7-5-19)29(32)33/h2-9,12,15,20H,10-11,13-14,16-17H2,1H3. The number of carbonyl (C=O) groups excluding carboxylic acids is 2. The molecule has 0 bridgehead atoms. The lowest BCUT2D eigenvalue weighted by Crippen LogP contribution is -2.42. The molecule has 36 heavy (non-hydrogen) atoms. The van der Waals surface area contributed by atoms with Gasteiger partial charge in [0.05, 0.1) is 15.6 Å². The Hall–Kier alpha value is -3.86. The molecule has 1 aliphatic heterocycles. The van der Waals surface area contributed by atoms with Crippen molar-refractivity contribution < 1.29 is 22.9 Å². The van der Waals surface area contributed by atoms with Crippen LogP contribution in [-0.4, -0.2) is 58.3 Å². The highest BCUT2D eigenvalue weighted by molar-refractivity contribution is 7.91. The molecule has 0 spiro atoms. The maximum Gasteiger partial charge on any atom is 0.294 e. The van der Waals surface area contributed by atoms with Crippen LogP contribution in [0.15, 0.2) is 65.8 Å². The molecule has 0 aliphatic carbocycles. The molecule has 1 fully saturated rings. The average Bonchev–Trinajstić information content (AvgIpc) is 3.36. The van der Waals surface area contributed by atoms with Crippen LogP contribution in [0.3, 0.4) is 0 Å². The van der Waals surface area contributed by atoms with Gasteiger partial charge in [-0.05, 0) is 44.0 Å². The minimum Gasteiger partial charge on any atom is -0.336 e. The van der Waals surface area contributed by atoms with Crippen LogP contribution in [0.2, 0.25) is 0 Å². The van der Waals surface area contributed by atoms with Crippen LogP contribution in [0.1, 0.15) is 40.5 Å². The van der Waals surface area contributed by atoms with Crippen molar-refractivity contribution in [2.24, 2.45) is 0 Å². The number of nitro groups is 1. The van der Waals surface area contributed by atoms with Crippen molar-refractivity contribution in [2.75, 3.05) is 18.8 Å². The SMILES string of the molecule is Cc1ccc(S(=O)(=O)CCn2ccnc2C2CCN(C(=O)C(=O)c3ccc([N+](=O)[O-])cc3)CC2)cc1. The first-order valence-corrected chi connectivity index (χ1v) is 13.2. The number of sulfone groups is 1. The van der Waals surface area contributed by atoms with Crippen molar-refractivity contribution in [3.8, 4) is 0 Å². The van der Waals surface area contributed by atoms with Crippen molar-refractivity contribution in [1.29, 1.82) is 0 Å². The molecular weight excluding hydrogens is 484 g/mol. The number of ketones is 1. The summed E-state index contributed by atoms with van der Waals surface area (Å²) in [5.41, 5.74) is 0.949. The molecule has 0 atom stereocenters. The molecule has 1 saturated heterocycles. The van der Waals surface area contributed by atoms with E-state index in [0.717, 1.165) is 11.4 Å². The summed E-state index contributed by atoms with van der Waals surface area (Å²) in [7, 11) is -3.44. The highest BCUT2D eigenvalue weighted by Gasteiger charge is 2.30. The normalized spacial score (nSPS) is 14.5. The molecule has 0 N–H and O–H groups in total. The Morgan fingerprint density at radius 2 is 1.69 bits per heavy atom. The predicted molar refractivity (Wildman–Crippen MR) is 131 cm³/mol. The van der Waals surface area contributed by atoms with Crippen LogP contribution in [0.5, 0.6) is 0 Å². The zero-order valence-electron chi connectivity index (χ0n) is 19.7. The summed E-state index contributed by atoms with van der Waals surface area (Å²) in [5, 5.41) is 10.8. The number of Topliss-reactive ketones (excluding diaryl/α,β-unsaturated/α-hetero) is 1. The number of hydrogen-bond acceptors (Lipinski definition) is 7. The number of rotatable bonds is 8. The number of benzene rings is 2. The largest absolute Gasteiger partial charge is 0.336 e. The summed E-state index contributed by atoms with van der Waals surface area (Å²) in [4.78, 5) is 41.7. The Kier molecular flexibility index (Phi) is 7.30. The van der Waals surface area contributed by atoms with Crippen LogP contribution in [0.4, 0.5) is 5.69 Å². The third-order valence-electron chi connectivity index (χ3n) is 6.41. The molecule has 10 nitrogen and oxygen atoms in total. The molecule has 2 aromatic carbocycles. The van der Waals surface area contributed by atoms with Crippen LogP contribution < -0.4 is 0 Å². The number of nitro benzene ring substituents is 1. The molecule has 0 saturated carbocycles. The van der Waals surface area contributed by atoms with Crippen molar-refractivity contribution >= 4 is 27.2 Å². The molecule has 1 amide bonds. The Morgan fingerprint density at radius 3 is 2.31 bits per heavy atom. The predicted octanol–water partition coefficient (Wildman–Crippen LogP) is 3.16. The van der Waals surface area contributed by atoms with Gasteiger partial charge >= 0.3 is 0 Å². The molecule has 1 aromatic heterocycles. The zero-order valence-corrected chi connectivity index (χ0v) is 20.6. The van der Waals surface area contributed by atoms with Crippen LogP contribution in [-0.2, 0) is 21.2 Å². The molecular formula is C25H26N4O6S. The van der Waals surface area contributed by atoms with Gasteiger partial charge in [-0.15, -0.1) is 0 Å². The fourth-order valence-corrected chi connectivity index (χ4v) is 5.52. The van der Waals surface area contributed by atoms with E-state index in [9.17, 15) is 28.1 Å². The fraction of sp³-hybridized carbons (Fsp3) is 0.320. The summed E-state index contributed by atoms with van der Waals surface area (Å²) >= 11 is 0. The van der Waals surface area contributed by atoms with Gasteiger partial charge in [0.2, 0.25) is 5.78 Å². The molecule has 188 valence electrons. The van der Waals surface area contributed by atoms with Crippen molar-refractivity contribution in [3.63, 3.8) is 0 Å². The van der Waals surface area contributed by atoms with Crippen molar-refractivity contribution in [3.05, 3.63) is 88.0 Å². The van der Waals surface area contributed by atoms with Crippen molar-refractivity contribution in [2.45, 2.75) is 37.1 Å². The molecule has 3 aromatic rings. The van der Waals surface area contributed by atoms with Crippen LogP contribution in [0, 0.1) is 17.0 Å². The molecule has 4 rings (SSSR count). The summed E-state index contributed by atoms with van der Waals surface area (Å²) in [6, 6.07) is 11.7. The Bertz CT molecular complexity index is 1370. The first kappa shape index (κ1) is 25.2. The average molecular weight is 511 g/mol. The van der Waals surface area contributed by atoms with E-state index < -0.39 is 26.5 Å². The lowest BCUT2D eigenvalue weighted by Gasteiger charge is -2.31. The van der Waals surface area contributed by atoms with Gasteiger partial charge in [0.15, 0.2) is 9.84 Å². The second-order valence-corrected chi connectivity index (χ2v) is 10.9. The quantitative estimate of drug-likeness (QED) is 0.197. The lowest BCUT2D eigenvalue weighted by molar-refractivity contribution is -0.384. The van der Waals surface area contributed by atoms with E-state index >= 15 is 0 Å². The number of imidazole rings is 1. The first-order chi connectivity index (χ1) is 17.2. The first-order valence-electron chi connectivity index (χ1n) is 11.5. The number of likely N-dealkylation sites (tertiary alicyclic amines) is 1. The number of aryl methyl sites for hydroxylation is 2. The van der Waals surface area contributed by atoms with E-state index in [1.54, 1.807) is 36.7 Å². The van der Waals surface area contributed by atoms with Gasteiger partial charge in [-0.1, -0.05) is 17.7 Å². The summed E-state index contributed by atoms with van der Waals surface area (Å²) in [5.74, 6) is -0.606. The minimum atomic E-state index is -3.44. The van der Waals surface area contributed by atoms with E-state index in [-0.39, 0.29) is 29.5 Å². The van der Waals surface area contributed by atoms with Crippen molar-refractivity contribution in [1.82, 2.24) is 14.5 Å². The van der Waals surface area contributed by atoms with E-state index in [0.29, 0.717) is 30.8 Å². The number of hydrogen-bond donors (Lipinski definition) is 0. The van der Waals surface area contributed by atoms with Gasteiger partial charge in [-0.3, -0.25) is 19.7 Å². The maximum absolute atomic E-state index is 12.7. The van der Waals surface area contributed by atoms with Gasteiger partial charge in [0, 0.05) is 55.6 Å². The third-order valence-corrected chi connectivity index (χ3v) is 8.12. The molecule has 1 aliphatic rings. The number of non-ortho nitro benzene ring substituents is 1. The third kappa shape index (κ3) is 5.51. The molecule has 0 radical (unpaired) electrons. The van der Waals surface area contributed by atoms with Gasteiger partial charge in [0.1, 0.15) is 5.82 Å². The highest BCUT2D eigenvalue weighted by Crippen LogP contribution is 2.28. The second-order valence-electron chi connectivity index (χ2n) is 8.81. The number of piperidine rings is 1. The highest BCUT2D eigenvalue weighted by atomic mass is 32.2. The minimum absolute atomic E-state index is 0.0283.